The number of unbranched alkanes of at least 4 members (excludes halogenated alkanes) is 1. The second-order valence-electron chi connectivity index (χ2n) is 6.58. The van der Waals surface area contributed by atoms with Crippen molar-refractivity contribution in [3.05, 3.63) is 23.7 Å². The maximum Gasteiger partial charge on any atom is 0.117 e. The summed E-state index contributed by atoms with van der Waals surface area (Å²) in [5.74, 6) is 3.78. The Morgan fingerprint density at radius 1 is 1.35 bits per heavy atom. The third kappa shape index (κ3) is 4.64. The minimum absolute atomic E-state index is 0.648. The topological polar surface area (TPSA) is 28.4 Å². The van der Waals surface area contributed by atoms with E-state index in [2.05, 4.69) is 50.2 Å². The summed E-state index contributed by atoms with van der Waals surface area (Å²) in [4.78, 5) is 2.40. The van der Waals surface area contributed by atoms with Gasteiger partial charge in [-0.05, 0) is 71.3 Å². The summed E-state index contributed by atoms with van der Waals surface area (Å²) in [6.07, 6.45) is 3.78. The molecule has 2 atom stereocenters. The van der Waals surface area contributed by atoms with E-state index < -0.39 is 0 Å². The number of hydrogen-bond acceptors (Lipinski definition) is 3. The quantitative estimate of drug-likeness (QED) is 0.699. The van der Waals surface area contributed by atoms with E-state index in [1.165, 1.54) is 31.6 Å². The van der Waals surface area contributed by atoms with Crippen molar-refractivity contribution in [2.24, 2.45) is 5.92 Å². The van der Waals surface area contributed by atoms with Crippen LogP contribution < -0.4 is 5.32 Å². The lowest BCUT2D eigenvalue weighted by molar-refractivity contribution is 0.267. The third-order valence-electron chi connectivity index (χ3n) is 4.45. The molecule has 0 aliphatic heterocycles. The van der Waals surface area contributed by atoms with Crippen LogP contribution in [0.4, 0.5) is 0 Å². The fourth-order valence-corrected chi connectivity index (χ4v) is 2.49. The van der Waals surface area contributed by atoms with Gasteiger partial charge in [0.2, 0.25) is 0 Å². The summed E-state index contributed by atoms with van der Waals surface area (Å²) in [5.41, 5.74) is 0. The Hall–Kier alpha value is -0.800. The number of rotatable bonds is 9. The smallest absolute Gasteiger partial charge is 0.117 e. The highest BCUT2D eigenvalue weighted by Crippen LogP contribution is 2.47. The minimum Gasteiger partial charge on any atom is -0.464 e. The van der Waals surface area contributed by atoms with E-state index in [1.54, 1.807) is 0 Å². The molecule has 1 aliphatic carbocycles. The molecule has 1 aliphatic rings. The summed E-state index contributed by atoms with van der Waals surface area (Å²) < 4.78 is 5.88. The Bertz CT molecular complexity index is 399. The zero-order chi connectivity index (χ0) is 14.5. The summed E-state index contributed by atoms with van der Waals surface area (Å²) in [7, 11) is 2.20. The van der Waals surface area contributed by atoms with Crippen molar-refractivity contribution < 1.29 is 4.42 Å². The van der Waals surface area contributed by atoms with Gasteiger partial charge in [-0.3, -0.25) is 0 Å². The lowest BCUT2D eigenvalue weighted by Gasteiger charge is -2.20. The van der Waals surface area contributed by atoms with Crippen LogP contribution in [-0.4, -0.2) is 31.1 Å². The first-order valence-corrected chi connectivity index (χ1v) is 8.07. The van der Waals surface area contributed by atoms with E-state index in [1.807, 2.05) is 0 Å². The van der Waals surface area contributed by atoms with Crippen LogP contribution in [0.15, 0.2) is 16.5 Å². The number of hydrogen-bond donors (Lipinski definition) is 1. The first kappa shape index (κ1) is 15.6. The fourth-order valence-electron chi connectivity index (χ4n) is 2.49. The highest BCUT2D eigenvalue weighted by molar-refractivity contribution is 5.17. The minimum atomic E-state index is 0.648. The van der Waals surface area contributed by atoms with Crippen LogP contribution in [0, 0.1) is 5.92 Å². The van der Waals surface area contributed by atoms with Gasteiger partial charge in [-0.25, -0.2) is 0 Å². The maximum atomic E-state index is 5.88. The first-order chi connectivity index (χ1) is 9.58. The Kier molecular flexibility index (Phi) is 5.67. The van der Waals surface area contributed by atoms with Gasteiger partial charge < -0.3 is 14.6 Å². The highest BCUT2D eigenvalue weighted by atomic mass is 16.3. The molecule has 2 unspecified atom stereocenters. The molecule has 2 rings (SSSR count). The zero-order valence-electron chi connectivity index (χ0n) is 13.5. The predicted molar refractivity (Wildman–Crippen MR) is 83.9 cm³/mol. The van der Waals surface area contributed by atoms with Crippen LogP contribution in [0.1, 0.15) is 57.5 Å². The molecule has 1 heterocycles. The molecule has 20 heavy (non-hydrogen) atoms. The molecule has 1 fully saturated rings. The molecule has 0 saturated heterocycles. The highest BCUT2D eigenvalue weighted by Gasteiger charge is 2.36. The molecule has 3 heteroatoms. The van der Waals surface area contributed by atoms with Crippen LogP contribution in [-0.2, 0) is 6.54 Å². The predicted octanol–water partition coefficient (Wildman–Crippen LogP) is 3.61. The fraction of sp³-hybridized carbons (Fsp3) is 0.765. The number of nitrogens with zero attached hydrogens (tertiary/aromatic N) is 1. The van der Waals surface area contributed by atoms with Crippen LogP contribution in [0.5, 0.6) is 0 Å². The molecule has 0 bridgehead atoms. The van der Waals surface area contributed by atoms with Crippen LogP contribution in [0.3, 0.4) is 0 Å². The van der Waals surface area contributed by atoms with Crippen molar-refractivity contribution in [2.45, 2.75) is 58.5 Å². The van der Waals surface area contributed by atoms with E-state index in [9.17, 15) is 0 Å². The molecule has 1 aromatic heterocycles. The van der Waals surface area contributed by atoms with Crippen molar-refractivity contribution in [1.82, 2.24) is 10.2 Å². The first-order valence-electron chi connectivity index (χ1n) is 8.07. The van der Waals surface area contributed by atoms with Crippen molar-refractivity contribution in [3.8, 4) is 0 Å². The standard InChI is InChI=1S/C17H30N2O/c1-13(2)19(4)10-6-5-9-18-12-15-7-8-17(20-15)16-11-14(16)3/h7-8,13-14,16,18H,5-6,9-12H2,1-4H3. The molecule has 1 N–H and O–H groups in total. The summed E-state index contributed by atoms with van der Waals surface area (Å²) >= 11 is 0. The van der Waals surface area contributed by atoms with Crippen LogP contribution >= 0.6 is 0 Å². The molecule has 1 aromatic rings. The van der Waals surface area contributed by atoms with E-state index in [0.717, 1.165) is 24.8 Å². The average molecular weight is 278 g/mol. The molecule has 0 amide bonds. The Balaban J connectivity index is 1.54. The second-order valence-corrected chi connectivity index (χ2v) is 6.58. The van der Waals surface area contributed by atoms with E-state index >= 15 is 0 Å². The molecule has 3 nitrogen and oxygen atoms in total. The van der Waals surface area contributed by atoms with Crippen molar-refractivity contribution in [3.63, 3.8) is 0 Å². The Morgan fingerprint density at radius 3 is 2.75 bits per heavy atom. The molecule has 0 aromatic carbocycles. The summed E-state index contributed by atoms with van der Waals surface area (Å²) in [5, 5.41) is 3.48. The lowest BCUT2D eigenvalue weighted by Crippen LogP contribution is -2.27. The van der Waals surface area contributed by atoms with Gasteiger partial charge >= 0.3 is 0 Å². The van der Waals surface area contributed by atoms with E-state index in [-0.39, 0.29) is 0 Å². The van der Waals surface area contributed by atoms with Gasteiger partial charge in [0.15, 0.2) is 0 Å². The molecular formula is C17H30N2O. The monoisotopic (exact) mass is 278 g/mol. The second kappa shape index (κ2) is 7.28. The normalized spacial score (nSPS) is 21.9. The third-order valence-corrected chi connectivity index (χ3v) is 4.45. The maximum absolute atomic E-state index is 5.88. The molecule has 0 spiro atoms. The Labute approximate surface area is 123 Å². The zero-order valence-corrected chi connectivity index (χ0v) is 13.5. The van der Waals surface area contributed by atoms with Gasteiger partial charge in [-0.1, -0.05) is 6.92 Å². The van der Waals surface area contributed by atoms with Crippen molar-refractivity contribution >= 4 is 0 Å². The lowest BCUT2D eigenvalue weighted by atomic mass is 10.2. The van der Waals surface area contributed by atoms with Gasteiger partial charge in [0.1, 0.15) is 11.5 Å². The molecule has 0 radical (unpaired) electrons. The van der Waals surface area contributed by atoms with Crippen molar-refractivity contribution in [1.29, 1.82) is 0 Å². The van der Waals surface area contributed by atoms with Crippen LogP contribution in [0.25, 0.3) is 0 Å². The van der Waals surface area contributed by atoms with E-state index in [4.69, 9.17) is 4.42 Å². The van der Waals surface area contributed by atoms with E-state index in [0.29, 0.717) is 12.0 Å². The Morgan fingerprint density at radius 2 is 2.10 bits per heavy atom. The number of nitrogens with one attached hydrogen (secondary N) is 1. The molecular weight excluding hydrogens is 248 g/mol. The van der Waals surface area contributed by atoms with Gasteiger partial charge in [0.25, 0.3) is 0 Å². The van der Waals surface area contributed by atoms with Gasteiger partial charge in [0.05, 0.1) is 6.54 Å². The summed E-state index contributed by atoms with van der Waals surface area (Å²) in [6, 6.07) is 4.93. The van der Waals surface area contributed by atoms with Crippen LogP contribution in [0.2, 0.25) is 0 Å². The number of furan rings is 1. The van der Waals surface area contributed by atoms with Crippen molar-refractivity contribution in [2.75, 3.05) is 20.1 Å². The summed E-state index contributed by atoms with van der Waals surface area (Å²) in [6.45, 7) is 9.90. The molecule has 114 valence electrons. The SMILES string of the molecule is CC1CC1c1ccc(CNCCCCN(C)C(C)C)o1. The average Bonchev–Trinajstić information content (AvgIpc) is 2.96. The van der Waals surface area contributed by atoms with Gasteiger partial charge in [0, 0.05) is 12.0 Å². The largest absolute Gasteiger partial charge is 0.464 e. The molecule has 1 saturated carbocycles. The van der Waals surface area contributed by atoms with Gasteiger partial charge in [-0.2, -0.15) is 0 Å². The van der Waals surface area contributed by atoms with Gasteiger partial charge in [-0.15, -0.1) is 0 Å².